The van der Waals surface area contributed by atoms with Gasteiger partial charge in [0.05, 0.1) is 24.9 Å². The van der Waals surface area contributed by atoms with Gasteiger partial charge in [-0.25, -0.2) is 0 Å². The third kappa shape index (κ3) is 2.77. The first-order chi connectivity index (χ1) is 11.0. The predicted octanol–water partition coefficient (Wildman–Crippen LogP) is 2.56. The van der Waals surface area contributed by atoms with Crippen molar-refractivity contribution in [1.82, 2.24) is 14.7 Å². The lowest BCUT2D eigenvalue weighted by atomic mass is 10.0. The van der Waals surface area contributed by atoms with Gasteiger partial charge in [-0.1, -0.05) is 18.2 Å². The minimum atomic E-state index is -0.0791. The van der Waals surface area contributed by atoms with Crippen LogP contribution in [0.5, 0.6) is 0 Å². The van der Waals surface area contributed by atoms with Crippen LogP contribution < -0.4 is 0 Å². The molecule has 0 saturated carbocycles. The Labute approximate surface area is 136 Å². The Balaban J connectivity index is 1.99. The molecular weight excluding hydrogens is 290 g/mol. The van der Waals surface area contributed by atoms with Crippen LogP contribution in [0.4, 0.5) is 0 Å². The molecule has 1 atom stereocenters. The zero-order valence-corrected chi connectivity index (χ0v) is 14.2. The van der Waals surface area contributed by atoms with E-state index in [4.69, 9.17) is 4.74 Å². The lowest BCUT2D eigenvalue weighted by Crippen LogP contribution is -2.44. The number of nitrogens with zero attached hydrogens (tertiary/aromatic N) is 3. The standard InChI is InChI=1S/C18H23N3O2/c1-12-7-5-6-8-15(12)18(22)21-9-10-23-11-16(21)17-13(2)19-20(4)14(17)3/h5-8,16H,9-11H2,1-4H3/t16-/m0/s1. The van der Waals surface area contributed by atoms with Crippen LogP contribution in [0.1, 0.15) is 38.9 Å². The average Bonchev–Trinajstić information content (AvgIpc) is 2.80. The van der Waals surface area contributed by atoms with Gasteiger partial charge in [0.2, 0.25) is 0 Å². The Morgan fingerprint density at radius 3 is 2.65 bits per heavy atom. The average molecular weight is 313 g/mol. The Kier molecular flexibility index (Phi) is 4.22. The minimum Gasteiger partial charge on any atom is -0.377 e. The van der Waals surface area contributed by atoms with Gasteiger partial charge in [-0.05, 0) is 32.4 Å². The summed E-state index contributed by atoms with van der Waals surface area (Å²) in [5.41, 5.74) is 4.92. The van der Waals surface area contributed by atoms with Gasteiger partial charge < -0.3 is 9.64 Å². The molecule has 1 saturated heterocycles. The van der Waals surface area contributed by atoms with E-state index >= 15 is 0 Å². The van der Waals surface area contributed by atoms with Gasteiger partial charge in [-0.2, -0.15) is 5.10 Å². The highest BCUT2D eigenvalue weighted by atomic mass is 16.5. The van der Waals surface area contributed by atoms with E-state index in [1.54, 1.807) is 0 Å². The number of carbonyl (C=O) groups is 1. The summed E-state index contributed by atoms with van der Waals surface area (Å²) in [5, 5.41) is 4.49. The van der Waals surface area contributed by atoms with Gasteiger partial charge in [0.1, 0.15) is 0 Å². The lowest BCUT2D eigenvalue weighted by molar-refractivity contribution is -0.00308. The molecule has 0 spiro atoms. The second kappa shape index (κ2) is 6.16. The van der Waals surface area contributed by atoms with Gasteiger partial charge in [-0.3, -0.25) is 9.48 Å². The number of rotatable bonds is 2. The van der Waals surface area contributed by atoms with Gasteiger partial charge in [-0.15, -0.1) is 0 Å². The quantitative estimate of drug-likeness (QED) is 0.856. The third-order valence-corrected chi connectivity index (χ3v) is 4.66. The van der Waals surface area contributed by atoms with Gasteiger partial charge >= 0.3 is 0 Å². The largest absolute Gasteiger partial charge is 0.377 e. The van der Waals surface area contributed by atoms with E-state index in [1.807, 2.05) is 61.7 Å². The molecule has 0 bridgehead atoms. The summed E-state index contributed by atoms with van der Waals surface area (Å²) in [5.74, 6) is 0.0686. The van der Waals surface area contributed by atoms with E-state index in [1.165, 1.54) is 0 Å². The van der Waals surface area contributed by atoms with Crippen molar-refractivity contribution in [1.29, 1.82) is 0 Å². The normalized spacial score (nSPS) is 18.3. The van der Waals surface area contributed by atoms with Crippen LogP contribution in [-0.4, -0.2) is 40.3 Å². The monoisotopic (exact) mass is 313 g/mol. The number of aryl methyl sites for hydroxylation is 3. The molecular formula is C18H23N3O2. The number of aromatic nitrogens is 2. The van der Waals surface area contributed by atoms with E-state index in [-0.39, 0.29) is 11.9 Å². The molecule has 0 radical (unpaired) electrons. The highest BCUT2D eigenvalue weighted by Gasteiger charge is 2.33. The molecule has 1 aliphatic rings. The molecule has 2 aromatic rings. The molecule has 3 rings (SSSR count). The van der Waals surface area contributed by atoms with Crippen LogP contribution in [0.2, 0.25) is 0 Å². The highest BCUT2D eigenvalue weighted by molar-refractivity contribution is 5.96. The van der Waals surface area contributed by atoms with E-state index in [9.17, 15) is 4.79 Å². The van der Waals surface area contributed by atoms with Crippen LogP contribution in [0.25, 0.3) is 0 Å². The van der Waals surface area contributed by atoms with Crippen molar-refractivity contribution in [3.8, 4) is 0 Å². The van der Waals surface area contributed by atoms with Crippen molar-refractivity contribution >= 4 is 5.91 Å². The fraction of sp³-hybridized carbons (Fsp3) is 0.444. The number of morpholine rings is 1. The smallest absolute Gasteiger partial charge is 0.254 e. The summed E-state index contributed by atoms with van der Waals surface area (Å²) >= 11 is 0. The topological polar surface area (TPSA) is 47.4 Å². The summed E-state index contributed by atoms with van der Waals surface area (Å²) in [6.45, 7) is 7.71. The minimum absolute atomic E-state index is 0.0686. The molecule has 23 heavy (non-hydrogen) atoms. The Morgan fingerprint density at radius 2 is 2.00 bits per heavy atom. The van der Waals surface area contributed by atoms with Crippen molar-refractivity contribution in [2.24, 2.45) is 7.05 Å². The van der Waals surface area contributed by atoms with Crippen LogP contribution in [0.15, 0.2) is 24.3 Å². The van der Waals surface area contributed by atoms with Crippen LogP contribution in [0, 0.1) is 20.8 Å². The maximum absolute atomic E-state index is 13.1. The van der Waals surface area contributed by atoms with E-state index < -0.39 is 0 Å². The fourth-order valence-electron chi connectivity index (χ4n) is 3.33. The van der Waals surface area contributed by atoms with Crippen molar-refractivity contribution in [2.45, 2.75) is 26.8 Å². The summed E-state index contributed by atoms with van der Waals surface area (Å²) in [7, 11) is 1.93. The van der Waals surface area contributed by atoms with E-state index in [0.29, 0.717) is 19.8 Å². The maximum atomic E-state index is 13.1. The van der Waals surface area contributed by atoms with Crippen LogP contribution in [0.3, 0.4) is 0 Å². The summed E-state index contributed by atoms with van der Waals surface area (Å²) in [4.78, 5) is 15.0. The number of benzene rings is 1. The summed E-state index contributed by atoms with van der Waals surface area (Å²) in [6, 6.07) is 7.66. The molecule has 0 unspecified atom stereocenters. The number of carbonyl (C=O) groups excluding carboxylic acids is 1. The Hall–Kier alpha value is -2.14. The second-order valence-electron chi connectivity index (χ2n) is 6.11. The van der Waals surface area contributed by atoms with Crippen molar-refractivity contribution < 1.29 is 9.53 Å². The Morgan fingerprint density at radius 1 is 1.26 bits per heavy atom. The van der Waals surface area contributed by atoms with Crippen LogP contribution >= 0.6 is 0 Å². The fourth-order valence-corrected chi connectivity index (χ4v) is 3.33. The van der Waals surface area contributed by atoms with Crippen molar-refractivity contribution in [2.75, 3.05) is 19.8 Å². The zero-order chi connectivity index (χ0) is 16.6. The molecule has 1 aromatic carbocycles. The molecule has 0 aliphatic carbocycles. The van der Waals surface area contributed by atoms with E-state index in [0.717, 1.165) is 28.1 Å². The molecule has 0 N–H and O–H groups in total. The molecule has 1 fully saturated rings. The zero-order valence-electron chi connectivity index (χ0n) is 14.2. The molecule has 1 aliphatic heterocycles. The van der Waals surface area contributed by atoms with Crippen LogP contribution in [-0.2, 0) is 11.8 Å². The third-order valence-electron chi connectivity index (χ3n) is 4.66. The van der Waals surface area contributed by atoms with Gasteiger partial charge in [0, 0.05) is 30.4 Å². The molecule has 1 aromatic heterocycles. The lowest BCUT2D eigenvalue weighted by Gasteiger charge is -2.36. The number of amides is 1. The molecule has 122 valence electrons. The van der Waals surface area contributed by atoms with Crippen molar-refractivity contribution in [3.63, 3.8) is 0 Å². The first-order valence-electron chi connectivity index (χ1n) is 7.95. The second-order valence-corrected chi connectivity index (χ2v) is 6.11. The van der Waals surface area contributed by atoms with E-state index in [2.05, 4.69) is 5.10 Å². The number of ether oxygens (including phenoxy) is 1. The van der Waals surface area contributed by atoms with Gasteiger partial charge in [0.15, 0.2) is 0 Å². The molecule has 5 heteroatoms. The Bertz CT molecular complexity index is 736. The molecule has 2 heterocycles. The van der Waals surface area contributed by atoms with Crippen molar-refractivity contribution in [3.05, 3.63) is 52.3 Å². The summed E-state index contributed by atoms with van der Waals surface area (Å²) in [6.07, 6.45) is 0. The highest BCUT2D eigenvalue weighted by Crippen LogP contribution is 2.30. The van der Waals surface area contributed by atoms with Gasteiger partial charge in [0.25, 0.3) is 5.91 Å². The first-order valence-corrected chi connectivity index (χ1v) is 7.95. The predicted molar refractivity (Wildman–Crippen MR) is 88.5 cm³/mol. The maximum Gasteiger partial charge on any atom is 0.254 e. The summed E-state index contributed by atoms with van der Waals surface area (Å²) < 4.78 is 7.54. The SMILES string of the molecule is Cc1ccccc1C(=O)N1CCOC[C@H]1c1c(C)nn(C)c1C. The number of hydrogen-bond acceptors (Lipinski definition) is 3. The molecule has 5 nitrogen and oxygen atoms in total. The first kappa shape index (κ1) is 15.7. The number of hydrogen-bond donors (Lipinski definition) is 0. The molecule has 1 amide bonds.